The zero-order valence-corrected chi connectivity index (χ0v) is 12.4. The Balaban J connectivity index is 1.74. The van der Waals surface area contributed by atoms with E-state index in [4.69, 9.17) is 20.3 Å². The molecule has 0 fully saturated rings. The summed E-state index contributed by atoms with van der Waals surface area (Å²) in [7, 11) is 0. The van der Waals surface area contributed by atoms with Crippen molar-refractivity contribution in [2.45, 2.75) is 13.3 Å². The first-order valence-electron chi connectivity index (χ1n) is 7.01. The molecule has 22 heavy (non-hydrogen) atoms. The molecule has 5 heteroatoms. The molecule has 5 nitrogen and oxygen atoms in total. The first kappa shape index (κ1) is 15.7. The van der Waals surface area contributed by atoms with Crippen LogP contribution in [0.5, 0.6) is 11.5 Å². The molecule has 0 aliphatic heterocycles. The summed E-state index contributed by atoms with van der Waals surface area (Å²) in [5, 5.41) is 8.86. The van der Waals surface area contributed by atoms with E-state index in [2.05, 4.69) is 0 Å². The molecule has 3 N–H and O–H groups in total. The SMILES string of the molecule is Cc1ccc(OCCCOc2ccc(C(=O)O)cc2N)cc1. The Morgan fingerprint density at radius 1 is 1.09 bits per heavy atom. The van der Waals surface area contributed by atoms with Crippen molar-refractivity contribution >= 4 is 11.7 Å². The fourth-order valence-corrected chi connectivity index (χ4v) is 1.88. The third-order valence-electron chi connectivity index (χ3n) is 3.09. The molecular weight excluding hydrogens is 282 g/mol. The third-order valence-corrected chi connectivity index (χ3v) is 3.09. The fraction of sp³-hybridized carbons (Fsp3) is 0.235. The van der Waals surface area contributed by atoms with Gasteiger partial charge in [-0.25, -0.2) is 4.79 Å². The average Bonchev–Trinajstić information content (AvgIpc) is 2.50. The number of carbonyl (C=O) groups is 1. The van der Waals surface area contributed by atoms with Gasteiger partial charge in [0.1, 0.15) is 11.5 Å². The van der Waals surface area contributed by atoms with Crippen molar-refractivity contribution in [3.05, 3.63) is 53.6 Å². The minimum atomic E-state index is -1.01. The highest BCUT2D eigenvalue weighted by atomic mass is 16.5. The zero-order valence-electron chi connectivity index (χ0n) is 12.4. The lowest BCUT2D eigenvalue weighted by Gasteiger charge is -2.10. The Labute approximate surface area is 129 Å². The fourth-order valence-electron chi connectivity index (χ4n) is 1.88. The van der Waals surface area contributed by atoms with Gasteiger partial charge in [-0.2, -0.15) is 0 Å². The van der Waals surface area contributed by atoms with Gasteiger partial charge >= 0.3 is 5.97 Å². The largest absolute Gasteiger partial charge is 0.493 e. The standard InChI is InChI=1S/C17H19NO4/c1-12-3-6-14(7-4-12)21-9-2-10-22-16-8-5-13(17(19)20)11-15(16)18/h3-8,11H,2,9-10,18H2,1H3,(H,19,20). The van der Waals surface area contributed by atoms with Crippen molar-refractivity contribution in [1.29, 1.82) is 0 Å². The normalized spacial score (nSPS) is 10.2. The van der Waals surface area contributed by atoms with Gasteiger partial charge in [0, 0.05) is 6.42 Å². The van der Waals surface area contributed by atoms with Crippen LogP contribution < -0.4 is 15.2 Å². The van der Waals surface area contributed by atoms with Crippen molar-refractivity contribution in [1.82, 2.24) is 0 Å². The molecule has 116 valence electrons. The van der Waals surface area contributed by atoms with Crippen molar-refractivity contribution in [3.63, 3.8) is 0 Å². The molecule has 0 bridgehead atoms. The smallest absolute Gasteiger partial charge is 0.335 e. The number of rotatable bonds is 7. The third kappa shape index (κ3) is 4.41. The van der Waals surface area contributed by atoms with Gasteiger partial charge in [-0.15, -0.1) is 0 Å². The van der Waals surface area contributed by atoms with Gasteiger partial charge in [-0.3, -0.25) is 0 Å². The minimum absolute atomic E-state index is 0.146. The number of nitrogens with two attached hydrogens (primary N) is 1. The number of aryl methyl sites for hydroxylation is 1. The molecule has 0 saturated carbocycles. The molecular formula is C17H19NO4. The van der Waals surface area contributed by atoms with Crippen LogP contribution in [0, 0.1) is 6.92 Å². The van der Waals surface area contributed by atoms with Crippen LogP contribution >= 0.6 is 0 Å². The van der Waals surface area contributed by atoms with Gasteiger partial charge in [-0.1, -0.05) is 17.7 Å². The molecule has 0 aliphatic carbocycles. The quantitative estimate of drug-likeness (QED) is 0.606. The molecule has 0 spiro atoms. The summed E-state index contributed by atoms with van der Waals surface area (Å²) in [6.07, 6.45) is 0.702. The van der Waals surface area contributed by atoms with E-state index in [1.54, 1.807) is 6.07 Å². The maximum Gasteiger partial charge on any atom is 0.335 e. The van der Waals surface area contributed by atoms with Gasteiger partial charge in [0.2, 0.25) is 0 Å². The lowest BCUT2D eigenvalue weighted by molar-refractivity contribution is 0.0697. The Hall–Kier alpha value is -2.69. The average molecular weight is 301 g/mol. The maximum absolute atomic E-state index is 10.8. The van der Waals surface area contributed by atoms with Gasteiger partial charge in [-0.05, 0) is 37.3 Å². The molecule has 0 heterocycles. The first-order valence-corrected chi connectivity index (χ1v) is 7.01. The number of hydrogen-bond acceptors (Lipinski definition) is 4. The van der Waals surface area contributed by atoms with E-state index < -0.39 is 5.97 Å². The highest BCUT2D eigenvalue weighted by Crippen LogP contribution is 2.22. The van der Waals surface area contributed by atoms with E-state index in [1.165, 1.54) is 17.7 Å². The van der Waals surface area contributed by atoms with Crippen molar-refractivity contribution in [2.75, 3.05) is 18.9 Å². The van der Waals surface area contributed by atoms with E-state index in [-0.39, 0.29) is 5.56 Å². The summed E-state index contributed by atoms with van der Waals surface area (Å²) in [5.41, 5.74) is 7.41. The first-order chi connectivity index (χ1) is 10.6. The molecule has 2 rings (SSSR count). The number of nitrogen functional groups attached to an aromatic ring is 1. The number of hydrogen-bond donors (Lipinski definition) is 2. The summed E-state index contributed by atoms with van der Waals surface area (Å²) in [6.45, 7) is 3.01. The molecule has 2 aromatic rings. The number of anilines is 1. The van der Waals surface area contributed by atoms with E-state index in [0.29, 0.717) is 31.1 Å². The van der Waals surface area contributed by atoms with Gasteiger partial charge in [0.25, 0.3) is 0 Å². The van der Waals surface area contributed by atoms with E-state index in [1.807, 2.05) is 31.2 Å². The van der Waals surface area contributed by atoms with Crippen LogP contribution in [-0.4, -0.2) is 24.3 Å². The summed E-state index contributed by atoms with van der Waals surface area (Å²) in [4.78, 5) is 10.8. The molecule has 0 atom stereocenters. The van der Waals surface area contributed by atoms with Crippen molar-refractivity contribution in [3.8, 4) is 11.5 Å². The maximum atomic E-state index is 10.8. The molecule has 0 radical (unpaired) electrons. The summed E-state index contributed by atoms with van der Waals surface area (Å²) in [5.74, 6) is 0.306. The van der Waals surface area contributed by atoms with E-state index >= 15 is 0 Å². The van der Waals surface area contributed by atoms with Crippen LogP contribution in [0.25, 0.3) is 0 Å². The lowest BCUT2D eigenvalue weighted by atomic mass is 10.2. The van der Waals surface area contributed by atoms with E-state index in [9.17, 15) is 4.79 Å². The Morgan fingerprint density at radius 3 is 2.41 bits per heavy atom. The van der Waals surface area contributed by atoms with Crippen LogP contribution in [0.4, 0.5) is 5.69 Å². The van der Waals surface area contributed by atoms with Gasteiger partial charge in [0.15, 0.2) is 0 Å². The topological polar surface area (TPSA) is 81.8 Å². The number of ether oxygens (including phenoxy) is 2. The molecule has 0 saturated heterocycles. The highest BCUT2D eigenvalue weighted by molar-refractivity contribution is 5.89. The number of carboxylic acids is 1. The van der Waals surface area contributed by atoms with Crippen molar-refractivity contribution < 1.29 is 19.4 Å². The van der Waals surface area contributed by atoms with Crippen LogP contribution in [0.1, 0.15) is 22.3 Å². The zero-order chi connectivity index (χ0) is 15.9. The monoisotopic (exact) mass is 301 g/mol. The van der Waals surface area contributed by atoms with Crippen molar-refractivity contribution in [2.24, 2.45) is 0 Å². The molecule has 2 aromatic carbocycles. The van der Waals surface area contributed by atoms with Crippen LogP contribution in [0.2, 0.25) is 0 Å². The van der Waals surface area contributed by atoms with Crippen LogP contribution in [0.15, 0.2) is 42.5 Å². The van der Waals surface area contributed by atoms with Crippen LogP contribution in [-0.2, 0) is 0 Å². The summed E-state index contributed by atoms with van der Waals surface area (Å²) in [6, 6.07) is 12.3. The number of benzene rings is 2. The molecule has 0 amide bonds. The second kappa shape index (κ2) is 7.36. The predicted octanol–water partition coefficient (Wildman–Crippen LogP) is 3.12. The Bertz CT molecular complexity index is 638. The highest BCUT2D eigenvalue weighted by Gasteiger charge is 2.07. The second-order valence-electron chi connectivity index (χ2n) is 4.92. The second-order valence-corrected chi connectivity index (χ2v) is 4.92. The Morgan fingerprint density at radius 2 is 1.77 bits per heavy atom. The lowest BCUT2D eigenvalue weighted by Crippen LogP contribution is -2.07. The number of carboxylic acid groups (broad SMARTS) is 1. The summed E-state index contributed by atoms with van der Waals surface area (Å²) >= 11 is 0. The predicted molar refractivity (Wildman–Crippen MR) is 84.6 cm³/mol. The molecule has 0 unspecified atom stereocenters. The van der Waals surface area contributed by atoms with Gasteiger partial charge < -0.3 is 20.3 Å². The Kier molecular flexibility index (Phi) is 5.25. The number of aromatic carboxylic acids is 1. The molecule has 0 aromatic heterocycles. The van der Waals surface area contributed by atoms with E-state index in [0.717, 1.165) is 5.75 Å². The minimum Gasteiger partial charge on any atom is -0.493 e. The van der Waals surface area contributed by atoms with Crippen LogP contribution in [0.3, 0.4) is 0 Å². The summed E-state index contributed by atoms with van der Waals surface area (Å²) < 4.78 is 11.1. The molecule has 0 aliphatic rings. The van der Waals surface area contributed by atoms with Gasteiger partial charge in [0.05, 0.1) is 24.5 Å².